The molecule has 0 radical (unpaired) electrons. The molecule has 0 aromatic carbocycles. The van der Waals surface area contributed by atoms with Crippen LogP contribution >= 0.6 is 0 Å². The Bertz CT molecular complexity index is 683. The molecule has 0 fully saturated rings. The monoisotopic (exact) mass is 633 g/mol. The van der Waals surface area contributed by atoms with Crippen LogP contribution < -0.4 is 0 Å². The minimum absolute atomic E-state index is 0.0770. The predicted molar refractivity (Wildman–Crippen MR) is 195 cm³/mol. The molecule has 1 unspecified atom stereocenters. The van der Waals surface area contributed by atoms with Crippen molar-refractivity contribution in [2.75, 3.05) is 0 Å². The van der Waals surface area contributed by atoms with Gasteiger partial charge in [0.15, 0.2) is 0 Å². The fourth-order valence-corrected chi connectivity index (χ4v) is 5.94. The van der Waals surface area contributed by atoms with Gasteiger partial charge < -0.3 is 9.84 Å². The number of carboxylic acids is 1. The summed E-state index contributed by atoms with van der Waals surface area (Å²) in [5.74, 6) is -0.802. The van der Waals surface area contributed by atoms with E-state index in [-0.39, 0.29) is 18.5 Å². The Morgan fingerprint density at radius 1 is 0.511 bits per heavy atom. The maximum absolute atomic E-state index is 12.5. The van der Waals surface area contributed by atoms with Gasteiger partial charge in [-0.3, -0.25) is 9.59 Å². The number of esters is 1. The first-order valence-corrected chi connectivity index (χ1v) is 19.8. The van der Waals surface area contributed by atoms with Gasteiger partial charge in [0.25, 0.3) is 0 Å². The number of ether oxygens (including phenoxy) is 1. The van der Waals surface area contributed by atoms with Crippen molar-refractivity contribution in [2.45, 2.75) is 225 Å². The highest BCUT2D eigenvalue weighted by atomic mass is 16.5. The molecule has 0 aliphatic rings. The van der Waals surface area contributed by atoms with Crippen molar-refractivity contribution >= 4 is 11.9 Å². The molecular formula is C41H76O4. The summed E-state index contributed by atoms with van der Waals surface area (Å²) in [6.45, 7) is 4.50. The minimum atomic E-state index is -0.725. The van der Waals surface area contributed by atoms with Crippen molar-refractivity contribution in [3.8, 4) is 0 Å². The maximum atomic E-state index is 12.5. The van der Waals surface area contributed by atoms with Crippen molar-refractivity contribution in [3.63, 3.8) is 0 Å². The zero-order valence-electron chi connectivity index (χ0n) is 30.2. The molecular weight excluding hydrogens is 556 g/mol. The van der Waals surface area contributed by atoms with Gasteiger partial charge in [0, 0.05) is 12.8 Å². The molecule has 0 amide bonds. The van der Waals surface area contributed by atoms with Gasteiger partial charge in [-0.1, -0.05) is 186 Å². The molecule has 0 aromatic rings. The first-order chi connectivity index (χ1) is 22.1. The van der Waals surface area contributed by atoms with Gasteiger partial charge in [0.1, 0.15) is 6.10 Å². The highest BCUT2D eigenvalue weighted by Crippen LogP contribution is 2.16. The van der Waals surface area contributed by atoms with E-state index < -0.39 is 5.97 Å². The lowest BCUT2D eigenvalue weighted by atomic mass is 10.0. The number of hydrogen-bond acceptors (Lipinski definition) is 3. The van der Waals surface area contributed by atoms with Crippen molar-refractivity contribution in [1.29, 1.82) is 0 Å². The molecule has 0 heterocycles. The number of unbranched alkanes of at least 4 members (excludes halogenated alkanes) is 25. The SMILES string of the molecule is CCCC/C=C\C/C=C\C(CCCCCCC(=O)O)OC(=O)CCCCCCCCCCCCCCCCCCCCCCC. The third kappa shape index (κ3) is 36.8. The van der Waals surface area contributed by atoms with E-state index in [0.717, 1.165) is 57.8 Å². The molecule has 4 heteroatoms. The standard InChI is InChI=1S/C41H76O4/c1-3-5-7-9-11-12-13-14-15-16-17-18-19-20-21-22-23-24-26-28-34-38-41(44)45-39(35-31-27-25-10-8-6-4-2)36-32-29-30-33-37-40(42)43/h10,25,31,35,39H,3-9,11-24,26-30,32-34,36-38H2,1-2H3,(H,42,43)/b25-10-,35-31-. The summed E-state index contributed by atoms with van der Waals surface area (Å²) in [5.41, 5.74) is 0. The fourth-order valence-electron chi connectivity index (χ4n) is 5.94. The van der Waals surface area contributed by atoms with Crippen LogP contribution in [0.1, 0.15) is 219 Å². The number of rotatable bonds is 36. The number of carbonyl (C=O) groups excluding carboxylic acids is 1. The summed E-state index contributed by atoms with van der Waals surface area (Å²) in [5, 5.41) is 8.81. The second-order valence-electron chi connectivity index (χ2n) is 13.5. The lowest BCUT2D eigenvalue weighted by molar-refractivity contribution is -0.147. The van der Waals surface area contributed by atoms with Gasteiger partial charge >= 0.3 is 11.9 Å². The van der Waals surface area contributed by atoms with Crippen LogP contribution in [-0.4, -0.2) is 23.1 Å². The summed E-state index contributed by atoms with van der Waals surface area (Å²) < 4.78 is 5.84. The molecule has 0 bridgehead atoms. The van der Waals surface area contributed by atoms with Crippen LogP contribution in [0.15, 0.2) is 24.3 Å². The Labute approximate surface area is 280 Å². The molecule has 0 saturated carbocycles. The van der Waals surface area contributed by atoms with E-state index in [2.05, 4.69) is 38.2 Å². The zero-order valence-corrected chi connectivity index (χ0v) is 30.2. The Morgan fingerprint density at radius 2 is 0.933 bits per heavy atom. The lowest BCUT2D eigenvalue weighted by Crippen LogP contribution is -2.16. The van der Waals surface area contributed by atoms with Crippen molar-refractivity contribution in [1.82, 2.24) is 0 Å². The number of aliphatic carboxylic acids is 1. The van der Waals surface area contributed by atoms with Crippen molar-refractivity contribution < 1.29 is 19.4 Å². The number of allylic oxidation sites excluding steroid dienone is 3. The van der Waals surface area contributed by atoms with Gasteiger partial charge in [-0.25, -0.2) is 0 Å². The Hall–Kier alpha value is -1.58. The molecule has 45 heavy (non-hydrogen) atoms. The predicted octanol–water partition coefficient (Wildman–Crippen LogP) is 13.6. The van der Waals surface area contributed by atoms with Crippen LogP contribution in [0.5, 0.6) is 0 Å². The number of carboxylic acid groups (broad SMARTS) is 1. The molecule has 0 rings (SSSR count). The van der Waals surface area contributed by atoms with Crippen molar-refractivity contribution in [3.05, 3.63) is 24.3 Å². The Morgan fingerprint density at radius 3 is 1.40 bits per heavy atom. The van der Waals surface area contributed by atoms with Crippen LogP contribution in [-0.2, 0) is 14.3 Å². The third-order valence-corrected chi connectivity index (χ3v) is 8.91. The third-order valence-electron chi connectivity index (χ3n) is 8.91. The summed E-state index contributed by atoms with van der Waals surface area (Å²) in [6, 6.07) is 0. The summed E-state index contributed by atoms with van der Waals surface area (Å²) in [7, 11) is 0. The van der Waals surface area contributed by atoms with Crippen LogP contribution in [0.3, 0.4) is 0 Å². The first-order valence-electron chi connectivity index (χ1n) is 19.8. The molecule has 1 atom stereocenters. The van der Waals surface area contributed by atoms with E-state index in [1.807, 2.05) is 0 Å². The molecule has 0 aromatic heterocycles. The largest absolute Gasteiger partial charge is 0.481 e. The number of hydrogen-bond donors (Lipinski definition) is 1. The van der Waals surface area contributed by atoms with Crippen molar-refractivity contribution in [2.24, 2.45) is 0 Å². The second kappa shape index (κ2) is 36.9. The molecule has 1 N–H and O–H groups in total. The molecule has 0 aliphatic carbocycles. The van der Waals surface area contributed by atoms with E-state index in [9.17, 15) is 9.59 Å². The lowest BCUT2D eigenvalue weighted by Gasteiger charge is -2.14. The van der Waals surface area contributed by atoms with Crippen LogP contribution in [0.25, 0.3) is 0 Å². The smallest absolute Gasteiger partial charge is 0.306 e. The second-order valence-corrected chi connectivity index (χ2v) is 13.5. The van der Waals surface area contributed by atoms with Crippen LogP contribution in [0, 0.1) is 0 Å². The van der Waals surface area contributed by atoms with E-state index >= 15 is 0 Å². The summed E-state index contributed by atoms with van der Waals surface area (Å²) in [4.78, 5) is 23.2. The maximum Gasteiger partial charge on any atom is 0.306 e. The normalized spacial score (nSPS) is 12.4. The van der Waals surface area contributed by atoms with E-state index in [4.69, 9.17) is 9.84 Å². The molecule has 4 nitrogen and oxygen atoms in total. The molecule has 0 saturated heterocycles. The van der Waals surface area contributed by atoms with E-state index in [0.29, 0.717) is 6.42 Å². The fraction of sp³-hybridized carbons (Fsp3) is 0.854. The number of carbonyl (C=O) groups is 2. The highest BCUT2D eigenvalue weighted by Gasteiger charge is 2.11. The average Bonchev–Trinajstić information content (AvgIpc) is 3.02. The van der Waals surface area contributed by atoms with E-state index in [1.165, 1.54) is 135 Å². The van der Waals surface area contributed by atoms with Crippen LogP contribution in [0.4, 0.5) is 0 Å². The Kier molecular flexibility index (Phi) is 35.6. The van der Waals surface area contributed by atoms with Gasteiger partial charge in [-0.05, 0) is 44.6 Å². The molecule has 0 spiro atoms. The summed E-state index contributed by atoms with van der Waals surface area (Å²) >= 11 is 0. The quantitative estimate of drug-likeness (QED) is 0.0424. The Balaban J connectivity index is 3.78. The molecule has 264 valence electrons. The molecule has 0 aliphatic heterocycles. The first kappa shape index (κ1) is 43.4. The van der Waals surface area contributed by atoms with E-state index in [1.54, 1.807) is 0 Å². The summed E-state index contributed by atoms with van der Waals surface area (Å²) in [6.07, 6.45) is 46.6. The van der Waals surface area contributed by atoms with Gasteiger partial charge in [0.2, 0.25) is 0 Å². The van der Waals surface area contributed by atoms with Gasteiger partial charge in [0.05, 0.1) is 0 Å². The average molecular weight is 633 g/mol. The van der Waals surface area contributed by atoms with Gasteiger partial charge in [-0.15, -0.1) is 0 Å². The highest BCUT2D eigenvalue weighted by molar-refractivity contribution is 5.69. The topological polar surface area (TPSA) is 63.6 Å². The zero-order chi connectivity index (χ0) is 32.9. The van der Waals surface area contributed by atoms with Gasteiger partial charge in [-0.2, -0.15) is 0 Å². The van der Waals surface area contributed by atoms with Crippen LogP contribution in [0.2, 0.25) is 0 Å². The minimum Gasteiger partial charge on any atom is -0.481 e.